The van der Waals surface area contributed by atoms with Crippen molar-refractivity contribution in [3.05, 3.63) is 33.7 Å². The molecule has 0 aliphatic heterocycles. The Hall–Kier alpha value is -3.02. The number of anilines is 3. The fraction of sp³-hybridized carbons (Fsp3) is 0.357. The number of ether oxygens (including phenoxy) is 1. The third-order valence-electron chi connectivity index (χ3n) is 2.84. The molecule has 2 aromatic rings. The molecule has 0 aliphatic carbocycles. The van der Waals surface area contributed by atoms with E-state index in [1.54, 1.807) is 20.8 Å². The van der Waals surface area contributed by atoms with E-state index in [0.717, 1.165) is 18.5 Å². The number of nitro groups is 1. The number of halogens is 3. The second-order valence-electron chi connectivity index (χ2n) is 6.19. The number of hydrogen-bond acceptors (Lipinski definition) is 7. The molecule has 10 nitrogen and oxygen atoms in total. The predicted octanol–water partition coefficient (Wildman–Crippen LogP) is 4.33. The molecule has 13 heteroatoms. The summed E-state index contributed by atoms with van der Waals surface area (Å²) in [5, 5.41) is 19.4. The first-order valence-corrected chi connectivity index (χ1v) is 7.78. The van der Waals surface area contributed by atoms with Gasteiger partial charge in [0.1, 0.15) is 16.4 Å². The van der Waals surface area contributed by atoms with Crippen LogP contribution in [0, 0.1) is 10.1 Å². The van der Waals surface area contributed by atoms with Gasteiger partial charge < -0.3 is 10.1 Å². The number of alkyl halides is 2. The molecule has 0 bridgehead atoms. The summed E-state index contributed by atoms with van der Waals surface area (Å²) in [6.07, 6.45) is 1.02. The molecular formula is C14H15ClF2N6O4. The topological polar surface area (TPSA) is 124 Å². The molecule has 0 unspecified atom stereocenters. The molecule has 0 spiro atoms. The van der Waals surface area contributed by atoms with E-state index < -0.39 is 28.9 Å². The van der Waals surface area contributed by atoms with Crippen molar-refractivity contribution in [2.24, 2.45) is 0 Å². The van der Waals surface area contributed by atoms with Crippen LogP contribution >= 0.6 is 11.6 Å². The number of pyridine rings is 1. The second-order valence-corrected chi connectivity index (χ2v) is 6.57. The quantitative estimate of drug-likeness (QED) is 0.431. The fourth-order valence-corrected chi connectivity index (χ4v) is 2.13. The van der Waals surface area contributed by atoms with E-state index in [2.05, 4.69) is 20.7 Å². The molecule has 2 aromatic heterocycles. The average Bonchev–Trinajstić information content (AvgIpc) is 2.92. The Balaban J connectivity index is 2.38. The van der Waals surface area contributed by atoms with Gasteiger partial charge in [0, 0.05) is 6.07 Å². The van der Waals surface area contributed by atoms with Crippen LogP contribution in [-0.2, 0) is 4.74 Å². The Kier molecular flexibility index (Phi) is 5.78. The van der Waals surface area contributed by atoms with Crippen LogP contribution < -0.4 is 10.6 Å². The van der Waals surface area contributed by atoms with Gasteiger partial charge in [0.05, 0.1) is 23.0 Å². The first-order chi connectivity index (χ1) is 12.5. The van der Waals surface area contributed by atoms with Crippen LogP contribution in [0.25, 0.3) is 0 Å². The minimum Gasteiger partial charge on any atom is -0.444 e. The number of nitrogens with zero attached hydrogens (tertiary/aromatic N) is 4. The molecule has 146 valence electrons. The van der Waals surface area contributed by atoms with Crippen molar-refractivity contribution in [1.29, 1.82) is 0 Å². The molecule has 2 N–H and O–H groups in total. The van der Waals surface area contributed by atoms with E-state index >= 15 is 0 Å². The summed E-state index contributed by atoms with van der Waals surface area (Å²) in [6, 6.07) is 1.07. The highest BCUT2D eigenvalue weighted by atomic mass is 35.5. The molecule has 0 saturated heterocycles. The largest absolute Gasteiger partial charge is 0.444 e. The van der Waals surface area contributed by atoms with Crippen molar-refractivity contribution in [3.63, 3.8) is 0 Å². The van der Waals surface area contributed by atoms with Crippen molar-refractivity contribution in [3.8, 4) is 0 Å². The van der Waals surface area contributed by atoms with E-state index in [4.69, 9.17) is 16.3 Å². The summed E-state index contributed by atoms with van der Waals surface area (Å²) in [5.74, 6) is -0.368. The normalized spacial score (nSPS) is 11.4. The van der Waals surface area contributed by atoms with E-state index in [0.29, 0.717) is 4.68 Å². The van der Waals surface area contributed by atoms with Gasteiger partial charge in [-0.2, -0.15) is 13.9 Å². The number of hydrogen-bond donors (Lipinski definition) is 2. The Morgan fingerprint density at radius 1 is 1.44 bits per heavy atom. The molecule has 0 aromatic carbocycles. The maximum atomic E-state index is 12.6. The maximum absolute atomic E-state index is 12.6. The molecule has 0 saturated carbocycles. The summed E-state index contributed by atoms with van der Waals surface area (Å²) in [6.45, 7) is 1.98. The van der Waals surface area contributed by atoms with Crippen molar-refractivity contribution >= 4 is 40.6 Å². The molecule has 0 atom stereocenters. The lowest BCUT2D eigenvalue weighted by molar-refractivity contribution is -0.383. The monoisotopic (exact) mass is 404 g/mol. The minimum atomic E-state index is -2.88. The van der Waals surface area contributed by atoms with Crippen LogP contribution in [0.5, 0.6) is 0 Å². The lowest BCUT2D eigenvalue weighted by atomic mass is 10.2. The highest BCUT2D eigenvalue weighted by molar-refractivity contribution is 6.30. The zero-order valence-electron chi connectivity index (χ0n) is 14.4. The first kappa shape index (κ1) is 20.3. The third-order valence-corrected chi connectivity index (χ3v) is 3.04. The molecule has 2 heterocycles. The highest BCUT2D eigenvalue weighted by Gasteiger charge is 2.26. The Morgan fingerprint density at radius 3 is 2.63 bits per heavy atom. The fourth-order valence-electron chi connectivity index (χ4n) is 1.93. The van der Waals surface area contributed by atoms with E-state index in [1.165, 1.54) is 0 Å². The third kappa shape index (κ3) is 5.48. The van der Waals surface area contributed by atoms with Gasteiger partial charge in [0.25, 0.3) is 0 Å². The molecule has 0 fully saturated rings. The van der Waals surface area contributed by atoms with E-state index in [1.807, 2.05) is 0 Å². The van der Waals surface area contributed by atoms with Gasteiger partial charge in [0.15, 0.2) is 0 Å². The van der Waals surface area contributed by atoms with E-state index in [-0.39, 0.29) is 22.3 Å². The molecular weight excluding hydrogens is 390 g/mol. The van der Waals surface area contributed by atoms with Crippen molar-refractivity contribution in [1.82, 2.24) is 14.8 Å². The van der Waals surface area contributed by atoms with Crippen molar-refractivity contribution < 1.29 is 23.2 Å². The van der Waals surface area contributed by atoms with Crippen LogP contribution in [0.2, 0.25) is 5.15 Å². The van der Waals surface area contributed by atoms with Crippen LogP contribution in [-0.4, -0.2) is 31.4 Å². The Bertz CT molecular complexity index is 868. The van der Waals surface area contributed by atoms with Crippen molar-refractivity contribution in [2.75, 3.05) is 10.6 Å². The molecule has 2 rings (SSSR count). The number of carbonyl (C=O) groups excluding carboxylic acids is 1. The zero-order valence-corrected chi connectivity index (χ0v) is 15.1. The van der Waals surface area contributed by atoms with Gasteiger partial charge in [-0.05, 0) is 20.8 Å². The summed E-state index contributed by atoms with van der Waals surface area (Å²) >= 11 is 5.86. The van der Waals surface area contributed by atoms with Crippen LogP contribution in [0.3, 0.4) is 0 Å². The lowest BCUT2D eigenvalue weighted by Crippen LogP contribution is -2.27. The van der Waals surface area contributed by atoms with Gasteiger partial charge in [-0.1, -0.05) is 11.6 Å². The first-order valence-electron chi connectivity index (χ1n) is 7.40. The summed E-state index contributed by atoms with van der Waals surface area (Å²) < 4.78 is 30.6. The summed E-state index contributed by atoms with van der Waals surface area (Å²) in [4.78, 5) is 26.4. The van der Waals surface area contributed by atoms with Crippen LogP contribution in [0.15, 0.2) is 18.5 Å². The summed E-state index contributed by atoms with van der Waals surface area (Å²) in [5.41, 5.74) is -1.73. The standard InChI is InChI=1S/C14H15ClF2N6O4/c1-14(2,3)27-13(24)20-8-4-9(15)21-11(10(8)23(25)26)19-7-5-18-22(6-7)12(16)17/h4-6,12H,1-3H3,(H2,19,20,21,24). The molecule has 0 radical (unpaired) electrons. The van der Waals surface area contributed by atoms with Crippen molar-refractivity contribution in [2.45, 2.75) is 32.9 Å². The molecule has 0 aliphatic rings. The Morgan fingerprint density at radius 2 is 2.11 bits per heavy atom. The number of aromatic nitrogens is 3. The molecule has 27 heavy (non-hydrogen) atoms. The van der Waals surface area contributed by atoms with E-state index in [9.17, 15) is 23.7 Å². The molecule has 1 amide bonds. The Labute approximate surface area is 156 Å². The number of amides is 1. The highest BCUT2D eigenvalue weighted by Crippen LogP contribution is 2.35. The van der Waals surface area contributed by atoms with Gasteiger partial charge >= 0.3 is 18.3 Å². The number of carbonyl (C=O) groups is 1. The minimum absolute atomic E-state index is 0.0105. The second kappa shape index (κ2) is 7.70. The van der Waals surface area contributed by atoms with Gasteiger partial charge in [0.2, 0.25) is 5.82 Å². The lowest BCUT2D eigenvalue weighted by Gasteiger charge is -2.19. The SMILES string of the molecule is CC(C)(C)OC(=O)Nc1cc(Cl)nc(Nc2cnn(C(F)F)c2)c1[N+](=O)[O-]. The smallest absolute Gasteiger partial charge is 0.412 e. The zero-order chi connectivity index (χ0) is 20.4. The van der Waals surface area contributed by atoms with Crippen LogP contribution in [0.4, 0.5) is 36.5 Å². The average molecular weight is 405 g/mol. The number of nitrogens with one attached hydrogen (secondary N) is 2. The van der Waals surface area contributed by atoms with Gasteiger partial charge in [-0.3, -0.25) is 15.4 Å². The van der Waals surface area contributed by atoms with Gasteiger partial charge in [-0.25, -0.2) is 14.5 Å². The summed E-state index contributed by atoms with van der Waals surface area (Å²) in [7, 11) is 0. The predicted molar refractivity (Wildman–Crippen MR) is 92.5 cm³/mol. The number of rotatable bonds is 5. The van der Waals surface area contributed by atoms with Gasteiger partial charge in [-0.15, -0.1) is 0 Å². The van der Waals surface area contributed by atoms with Crippen LogP contribution in [0.1, 0.15) is 27.3 Å². The maximum Gasteiger partial charge on any atom is 0.412 e.